The van der Waals surface area contributed by atoms with Crippen LogP contribution in [0.2, 0.25) is 0 Å². The molecule has 2 amide bonds. The summed E-state index contributed by atoms with van der Waals surface area (Å²) in [5, 5.41) is 22.8. The number of aliphatic hydroxyl groups is 1. The zero-order valence-electron chi connectivity index (χ0n) is 9.58. The Morgan fingerprint density at radius 2 is 2.50 bits per heavy atom. The minimum atomic E-state index is -1.26. The molecule has 0 saturated carbocycles. The maximum atomic E-state index is 11.5. The number of amides is 2. The summed E-state index contributed by atoms with van der Waals surface area (Å²) >= 11 is 1.21. The molecule has 0 radical (unpaired) electrons. The summed E-state index contributed by atoms with van der Waals surface area (Å²) in [4.78, 5) is 11.5. The maximum Gasteiger partial charge on any atom is 0.321 e. The summed E-state index contributed by atoms with van der Waals surface area (Å²) in [6.07, 6.45) is 1.46. The van der Waals surface area contributed by atoms with Gasteiger partial charge < -0.3 is 14.8 Å². The second kappa shape index (κ2) is 5.15. The highest BCUT2D eigenvalue weighted by atomic mass is 32.1. The molecular weight excluding hydrogens is 256 g/mol. The van der Waals surface area contributed by atoms with Gasteiger partial charge in [0.05, 0.1) is 12.8 Å². The lowest BCUT2D eigenvalue weighted by molar-refractivity contribution is 0.0372. The number of aromatic nitrogens is 2. The van der Waals surface area contributed by atoms with Gasteiger partial charge in [-0.15, -0.1) is 10.2 Å². The lowest BCUT2D eigenvalue weighted by atomic mass is 10.0. The number of urea groups is 1. The van der Waals surface area contributed by atoms with Crippen molar-refractivity contribution in [1.29, 1.82) is 0 Å². The highest BCUT2D eigenvalue weighted by molar-refractivity contribution is 7.13. The molecule has 18 heavy (non-hydrogen) atoms. The Balaban J connectivity index is 1.86. The summed E-state index contributed by atoms with van der Waals surface area (Å²) in [6, 6.07) is 2.86. The predicted molar refractivity (Wildman–Crippen MR) is 65.2 cm³/mol. The van der Waals surface area contributed by atoms with Crippen molar-refractivity contribution in [2.45, 2.75) is 12.5 Å². The first-order chi connectivity index (χ1) is 8.58. The molecule has 0 fully saturated rings. The molecule has 96 valence electrons. The fourth-order valence-electron chi connectivity index (χ4n) is 1.29. The molecule has 2 rings (SSSR count). The molecule has 0 bridgehead atoms. The molecule has 1 atom stereocenters. The molecule has 0 aliphatic rings. The van der Waals surface area contributed by atoms with Crippen LogP contribution in [0.25, 0.3) is 0 Å². The summed E-state index contributed by atoms with van der Waals surface area (Å²) in [5.74, 6) is 0.388. The van der Waals surface area contributed by atoms with Crippen LogP contribution in [0.4, 0.5) is 9.93 Å². The maximum absolute atomic E-state index is 11.5. The first kappa shape index (κ1) is 12.5. The van der Waals surface area contributed by atoms with Gasteiger partial charge in [-0.2, -0.15) is 0 Å². The van der Waals surface area contributed by atoms with Gasteiger partial charge in [0.15, 0.2) is 0 Å². The molecule has 7 nitrogen and oxygen atoms in total. The van der Waals surface area contributed by atoms with Crippen molar-refractivity contribution in [1.82, 2.24) is 15.5 Å². The average Bonchev–Trinajstić information content (AvgIpc) is 2.99. The van der Waals surface area contributed by atoms with E-state index in [4.69, 9.17) is 4.42 Å². The number of nitrogens with zero attached hydrogens (tertiary/aromatic N) is 2. The van der Waals surface area contributed by atoms with Crippen molar-refractivity contribution in [2.24, 2.45) is 0 Å². The van der Waals surface area contributed by atoms with Gasteiger partial charge >= 0.3 is 6.03 Å². The molecule has 8 heteroatoms. The highest BCUT2D eigenvalue weighted by Crippen LogP contribution is 2.19. The van der Waals surface area contributed by atoms with Gasteiger partial charge in [0, 0.05) is 0 Å². The van der Waals surface area contributed by atoms with E-state index in [0.29, 0.717) is 10.9 Å². The SMILES string of the molecule is C[C@@](O)(CNC(=O)Nc1nncs1)c1ccco1. The number of anilines is 1. The largest absolute Gasteiger partial charge is 0.466 e. The van der Waals surface area contributed by atoms with Crippen molar-refractivity contribution in [3.05, 3.63) is 29.7 Å². The first-order valence-electron chi connectivity index (χ1n) is 5.15. The summed E-state index contributed by atoms with van der Waals surface area (Å²) in [5.41, 5.74) is 0.247. The van der Waals surface area contributed by atoms with Crippen LogP contribution in [-0.4, -0.2) is 27.9 Å². The van der Waals surface area contributed by atoms with E-state index in [1.165, 1.54) is 23.1 Å². The molecular formula is C10H12N4O3S. The first-order valence-corrected chi connectivity index (χ1v) is 6.03. The molecule has 0 unspecified atom stereocenters. The topological polar surface area (TPSA) is 100 Å². The van der Waals surface area contributed by atoms with Crippen molar-refractivity contribution in [3.63, 3.8) is 0 Å². The number of carbonyl (C=O) groups excluding carboxylic acids is 1. The van der Waals surface area contributed by atoms with E-state index in [0.717, 1.165) is 0 Å². The zero-order valence-corrected chi connectivity index (χ0v) is 10.4. The quantitative estimate of drug-likeness (QED) is 0.772. The molecule has 0 aromatic carbocycles. The third-order valence-corrected chi connectivity index (χ3v) is 2.83. The van der Waals surface area contributed by atoms with Crippen LogP contribution in [0.5, 0.6) is 0 Å². The molecule has 2 aromatic heterocycles. The Labute approximate surface area is 107 Å². The van der Waals surface area contributed by atoms with Crippen LogP contribution in [0, 0.1) is 0 Å². The van der Waals surface area contributed by atoms with Gasteiger partial charge in [-0.25, -0.2) is 4.79 Å². The van der Waals surface area contributed by atoms with Crippen molar-refractivity contribution in [2.75, 3.05) is 11.9 Å². The van der Waals surface area contributed by atoms with Crippen LogP contribution in [0.1, 0.15) is 12.7 Å². The standard InChI is InChI=1S/C10H12N4O3S/c1-10(16,7-3-2-4-17-7)5-11-8(15)13-9-14-12-6-18-9/h2-4,6,16H,5H2,1H3,(H2,11,13,14,15)/t10-/m1/s1. The Morgan fingerprint density at radius 1 is 1.67 bits per heavy atom. The Kier molecular flexibility index (Phi) is 3.58. The van der Waals surface area contributed by atoms with Crippen LogP contribution in [0.3, 0.4) is 0 Å². The van der Waals surface area contributed by atoms with Gasteiger partial charge in [-0.3, -0.25) is 5.32 Å². The second-order valence-corrected chi connectivity index (χ2v) is 4.64. The lowest BCUT2D eigenvalue weighted by Crippen LogP contribution is -2.40. The van der Waals surface area contributed by atoms with E-state index in [-0.39, 0.29) is 6.54 Å². The molecule has 0 saturated heterocycles. The number of rotatable bonds is 4. The molecule has 0 aliphatic heterocycles. The molecule has 0 aliphatic carbocycles. The van der Waals surface area contributed by atoms with Gasteiger partial charge in [-0.05, 0) is 19.1 Å². The highest BCUT2D eigenvalue weighted by Gasteiger charge is 2.26. The minimum Gasteiger partial charge on any atom is -0.466 e. The van der Waals surface area contributed by atoms with Crippen molar-refractivity contribution >= 4 is 22.5 Å². The summed E-state index contributed by atoms with van der Waals surface area (Å²) < 4.78 is 5.09. The normalized spacial score (nSPS) is 13.9. The Bertz CT molecular complexity index is 495. The van der Waals surface area contributed by atoms with E-state index < -0.39 is 11.6 Å². The molecule has 2 aromatic rings. The zero-order chi connectivity index (χ0) is 13.0. The Hall–Kier alpha value is -1.93. The number of furan rings is 1. The second-order valence-electron chi connectivity index (χ2n) is 3.80. The van der Waals surface area contributed by atoms with Crippen LogP contribution in [0.15, 0.2) is 28.3 Å². The molecule has 3 N–H and O–H groups in total. The fraction of sp³-hybridized carbons (Fsp3) is 0.300. The third-order valence-electron chi connectivity index (χ3n) is 2.23. The van der Waals surface area contributed by atoms with Gasteiger partial charge in [-0.1, -0.05) is 11.3 Å². The van der Waals surface area contributed by atoms with Crippen LogP contribution in [-0.2, 0) is 5.60 Å². The Morgan fingerprint density at radius 3 is 3.11 bits per heavy atom. The number of hydrogen-bond acceptors (Lipinski definition) is 6. The van der Waals surface area contributed by atoms with Crippen LogP contribution >= 0.6 is 11.3 Å². The summed E-state index contributed by atoms with van der Waals surface area (Å²) in [7, 11) is 0. The smallest absolute Gasteiger partial charge is 0.321 e. The number of hydrogen-bond donors (Lipinski definition) is 3. The van der Waals surface area contributed by atoms with Crippen LogP contribution < -0.4 is 10.6 Å². The van der Waals surface area contributed by atoms with E-state index >= 15 is 0 Å². The number of nitrogens with one attached hydrogen (secondary N) is 2. The van der Waals surface area contributed by atoms with Crippen molar-refractivity contribution in [3.8, 4) is 0 Å². The average molecular weight is 268 g/mol. The van der Waals surface area contributed by atoms with E-state index in [1.807, 2.05) is 0 Å². The number of carbonyl (C=O) groups is 1. The van der Waals surface area contributed by atoms with Gasteiger partial charge in [0.1, 0.15) is 16.9 Å². The van der Waals surface area contributed by atoms with E-state index in [2.05, 4.69) is 20.8 Å². The van der Waals surface area contributed by atoms with E-state index in [9.17, 15) is 9.90 Å². The summed E-state index contributed by atoms with van der Waals surface area (Å²) in [6.45, 7) is 1.57. The fourth-order valence-corrected chi connectivity index (χ4v) is 1.73. The predicted octanol–water partition coefficient (Wildman–Crippen LogP) is 1.16. The lowest BCUT2D eigenvalue weighted by Gasteiger charge is -2.20. The molecule has 2 heterocycles. The third kappa shape index (κ3) is 3.05. The monoisotopic (exact) mass is 268 g/mol. The minimum absolute atomic E-state index is 0.0190. The van der Waals surface area contributed by atoms with Gasteiger partial charge in [0.25, 0.3) is 0 Å². The molecule has 0 spiro atoms. The van der Waals surface area contributed by atoms with Gasteiger partial charge in [0.2, 0.25) is 5.13 Å². The van der Waals surface area contributed by atoms with E-state index in [1.54, 1.807) is 19.1 Å². The van der Waals surface area contributed by atoms with Crippen molar-refractivity contribution < 1.29 is 14.3 Å².